The highest BCUT2D eigenvalue weighted by Gasteiger charge is 2.48. The highest BCUT2D eigenvalue weighted by atomic mass is 28.3. The molecule has 0 bridgehead atoms. The lowest BCUT2D eigenvalue weighted by molar-refractivity contribution is 0.487. The van der Waals surface area contributed by atoms with Crippen molar-refractivity contribution in [2.45, 2.75) is 0 Å². The lowest BCUT2D eigenvalue weighted by atomic mass is 10.1. The Kier molecular flexibility index (Phi) is 7.76. The molecule has 1 aliphatic heterocycles. The summed E-state index contributed by atoms with van der Waals surface area (Å²) in [6.45, 7) is 0. The van der Waals surface area contributed by atoms with Crippen LogP contribution in [0.1, 0.15) is 0 Å². The van der Waals surface area contributed by atoms with Crippen molar-refractivity contribution in [1.82, 2.24) is 19.5 Å². The van der Waals surface area contributed by atoms with Gasteiger partial charge in [0.1, 0.15) is 11.5 Å². The minimum atomic E-state index is -2.90. The van der Waals surface area contributed by atoms with Crippen LogP contribution >= 0.6 is 0 Å². The Morgan fingerprint density at radius 2 is 0.895 bits per heavy atom. The maximum absolute atomic E-state index is 6.66. The average molecular weight is 747 g/mol. The molecule has 6 heteroatoms. The van der Waals surface area contributed by atoms with E-state index in [1.165, 1.54) is 31.5 Å². The van der Waals surface area contributed by atoms with E-state index in [0.717, 1.165) is 44.9 Å². The van der Waals surface area contributed by atoms with Crippen LogP contribution in [0, 0.1) is 0 Å². The molecule has 0 saturated heterocycles. The van der Waals surface area contributed by atoms with Gasteiger partial charge in [0.05, 0.1) is 16.7 Å². The van der Waals surface area contributed by atoms with E-state index in [9.17, 15) is 0 Å². The first-order chi connectivity index (χ1) is 28.3. The Balaban J connectivity index is 1.21. The highest BCUT2D eigenvalue weighted by molar-refractivity contribution is 7.20. The van der Waals surface area contributed by atoms with Gasteiger partial charge >= 0.3 is 0 Å². The first kappa shape index (κ1) is 33.0. The van der Waals surface area contributed by atoms with E-state index in [1.807, 2.05) is 60.7 Å². The smallest absolute Gasteiger partial charge is 0.188 e. The van der Waals surface area contributed by atoms with Crippen LogP contribution in [0.5, 0.6) is 11.5 Å². The van der Waals surface area contributed by atoms with Crippen LogP contribution in [0.25, 0.3) is 61.7 Å². The summed E-state index contributed by atoms with van der Waals surface area (Å²) >= 11 is 0. The van der Waals surface area contributed by atoms with Crippen LogP contribution < -0.4 is 25.5 Å². The maximum Gasteiger partial charge on any atom is 0.188 e. The lowest BCUT2D eigenvalue weighted by Gasteiger charge is -2.39. The van der Waals surface area contributed by atoms with Crippen LogP contribution in [-0.4, -0.2) is 27.6 Å². The van der Waals surface area contributed by atoms with Crippen molar-refractivity contribution < 1.29 is 4.74 Å². The van der Waals surface area contributed by atoms with Gasteiger partial charge in [-0.3, -0.25) is 0 Å². The van der Waals surface area contributed by atoms with Crippen LogP contribution in [0.2, 0.25) is 0 Å². The van der Waals surface area contributed by atoms with Crippen molar-refractivity contribution in [2.24, 2.45) is 0 Å². The Morgan fingerprint density at radius 3 is 1.56 bits per heavy atom. The molecule has 0 saturated carbocycles. The van der Waals surface area contributed by atoms with Gasteiger partial charge in [-0.15, -0.1) is 0 Å². The number of aromatic nitrogens is 4. The summed E-state index contributed by atoms with van der Waals surface area (Å²) in [5, 5.41) is 7.43. The van der Waals surface area contributed by atoms with E-state index in [4.69, 9.17) is 19.7 Å². The van der Waals surface area contributed by atoms with E-state index >= 15 is 0 Å². The molecular formula is C51H34N4OSi. The Labute approximate surface area is 331 Å². The number of hydrogen-bond acceptors (Lipinski definition) is 4. The number of fused-ring (bicyclic) bond motifs is 5. The van der Waals surface area contributed by atoms with Crippen molar-refractivity contribution in [3.63, 3.8) is 0 Å². The van der Waals surface area contributed by atoms with Gasteiger partial charge in [0.15, 0.2) is 25.5 Å². The zero-order chi connectivity index (χ0) is 37.8. The van der Waals surface area contributed by atoms with Crippen LogP contribution in [-0.2, 0) is 0 Å². The van der Waals surface area contributed by atoms with Crippen LogP contribution in [0.4, 0.5) is 0 Å². The predicted molar refractivity (Wildman–Crippen MR) is 234 cm³/mol. The quantitative estimate of drug-likeness (QED) is 0.159. The molecule has 0 spiro atoms. The second kappa shape index (κ2) is 13.4. The summed E-state index contributed by atoms with van der Waals surface area (Å²) < 4.78 is 9.07. The number of rotatable bonds is 6. The second-order valence-corrected chi connectivity index (χ2v) is 18.1. The normalized spacial score (nSPS) is 12.8. The minimum Gasteiger partial charge on any atom is -0.458 e. The Morgan fingerprint density at radius 1 is 0.386 bits per heavy atom. The molecule has 3 heterocycles. The molecule has 0 amide bonds. The average Bonchev–Trinajstić information content (AvgIpc) is 3.62. The van der Waals surface area contributed by atoms with Crippen molar-refractivity contribution in [3.05, 3.63) is 206 Å². The molecule has 11 rings (SSSR count). The summed E-state index contributed by atoms with van der Waals surface area (Å²) in [6.07, 6.45) is 0. The molecule has 268 valence electrons. The van der Waals surface area contributed by atoms with Gasteiger partial charge in [-0.1, -0.05) is 170 Å². The molecule has 10 aromatic rings. The summed E-state index contributed by atoms with van der Waals surface area (Å²) in [4.78, 5) is 15.4. The molecule has 0 atom stereocenters. The van der Waals surface area contributed by atoms with E-state index in [1.54, 1.807) is 0 Å². The van der Waals surface area contributed by atoms with Gasteiger partial charge in [0, 0.05) is 27.5 Å². The fourth-order valence-electron chi connectivity index (χ4n) is 8.72. The van der Waals surface area contributed by atoms with Crippen molar-refractivity contribution in [1.29, 1.82) is 0 Å². The first-order valence-electron chi connectivity index (χ1n) is 19.2. The number of para-hydroxylation sites is 4. The Bertz CT molecular complexity index is 3010. The third-order valence-electron chi connectivity index (χ3n) is 11.2. The molecule has 0 N–H and O–H groups in total. The molecule has 8 aromatic carbocycles. The van der Waals surface area contributed by atoms with Gasteiger partial charge in [-0.25, -0.2) is 15.0 Å². The van der Waals surface area contributed by atoms with E-state index in [2.05, 4.69) is 150 Å². The van der Waals surface area contributed by atoms with Crippen LogP contribution in [0.15, 0.2) is 206 Å². The molecule has 57 heavy (non-hydrogen) atoms. The fraction of sp³-hybridized carbons (Fsp3) is 0. The summed E-state index contributed by atoms with van der Waals surface area (Å²) in [5.74, 6) is 3.70. The van der Waals surface area contributed by atoms with Crippen molar-refractivity contribution >= 4 is 50.6 Å². The number of nitrogens with zero attached hydrogens (tertiary/aromatic N) is 4. The topological polar surface area (TPSA) is 52.8 Å². The van der Waals surface area contributed by atoms with Gasteiger partial charge < -0.3 is 9.30 Å². The molecule has 1 aliphatic rings. The molecule has 0 aliphatic carbocycles. The number of ether oxygens (including phenoxy) is 1. The molecule has 5 nitrogen and oxygen atoms in total. The van der Waals surface area contributed by atoms with Crippen molar-refractivity contribution in [3.8, 4) is 51.3 Å². The zero-order valence-corrected chi connectivity index (χ0v) is 31.8. The summed E-state index contributed by atoms with van der Waals surface area (Å²) in [6, 6.07) is 72.9. The SMILES string of the molecule is c1ccc(-c2nc(-c3ccccc3)nc(-c3ccccc3-n3c4ccccc4c4ccc([Si]5(c6ccccc6)c6ccccc6Oc6ccccc65)cc43)n2)cc1. The lowest BCUT2D eigenvalue weighted by Crippen LogP contribution is -2.76. The third-order valence-corrected chi connectivity index (χ3v) is 16.0. The van der Waals surface area contributed by atoms with Gasteiger partial charge in [0.2, 0.25) is 0 Å². The number of hydrogen-bond donors (Lipinski definition) is 0. The van der Waals surface area contributed by atoms with E-state index in [0.29, 0.717) is 17.5 Å². The van der Waals surface area contributed by atoms with Crippen LogP contribution in [0.3, 0.4) is 0 Å². The summed E-state index contributed by atoms with van der Waals surface area (Å²) in [7, 11) is -2.90. The van der Waals surface area contributed by atoms with Gasteiger partial charge in [-0.05, 0) is 57.1 Å². The van der Waals surface area contributed by atoms with E-state index in [-0.39, 0.29) is 0 Å². The van der Waals surface area contributed by atoms with Gasteiger partial charge in [0.25, 0.3) is 0 Å². The standard InChI is InChI=1S/C51H34N4OSi/c1-4-18-35(19-5-1)49-52-50(36-20-6-2-7-21-36)54-51(53-49)41-25-11-13-27-43(41)55-42-26-12-10-24-39(42)40-33-32-38(34-44(40)55)57(37-22-8-3-9-23-37)47-30-16-14-28-45(47)56-46-29-15-17-31-48(46)57/h1-34H. The largest absolute Gasteiger partial charge is 0.458 e. The molecule has 0 radical (unpaired) electrons. The molecule has 0 fully saturated rings. The second-order valence-electron chi connectivity index (χ2n) is 14.4. The van der Waals surface area contributed by atoms with E-state index < -0.39 is 8.07 Å². The number of benzene rings is 8. The fourth-order valence-corrected chi connectivity index (χ4v) is 13.7. The summed E-state index contributed by atoms with van der Waals surface area (Å²) in [5.41, 5.74) is 6.01. The third kappa shape index (κ3) is 5.26. The molecular weight excluding hydrogens is 713 g/mol. The maximum atomic E-state index is 6.66. The van der Waals surface area contributed by atoms with Crippen molar-refractivity contribution in [2.75, 3.05) is 0 Å². The Hall–Kier alpha value is -7.41. The molecule has 2 aromatic heterocycles. The minimum absolute atomic E-state index is 0.614. The predicted octanol–water partition coefficient (Wildman–Crippen LogP) is 9.45. The zero-order valence-electron chi connectivity index (χ0n) is 30.8. The first-order valence-corrected chi connectivity index (χ1v) is 21.2. The monoisotopic (exact) mass is 746 g/mol. The highest BCUT2D eigenvalue weighted by Crippen LogP contribution is 2.37. The molecule has 0 unspecified atom stereocenters. The van der Waals surface area contributed by atoms with Gasteiger partial charge in [-0.2, -0.15) is 0 Å².